The van der Waals surface area contributed by atoms with Crippen LogP contribution in [0.1, 0.15) is 12.5 Å². The topological polar surface area (TPSA) is 59.9 Å². The molecule has 0 aliphatic rings. The molecule has 120 valence electrons. The minimum atomic E-state index is -0.510. The molecule has 0 amide bonds. The lowest BCUT2D eigenvalue weighted by Crippen LogP contribution is -2.20. The van der Waals surface area contributed by atoms with Crippen LogP contribution in [0, 0.1) is 0 Å². The fourth-order valence-corrected chi connectivity index (χ4v) is 2.35. The Morgan fingerprint density at radius 2 is 1.74 bits per heavy atom. The van der Waals surface area contributed by atoms with Gasteiger partial charge in [0.2, 0.25) is 0 Å². The summed E-state index contributed by atoms with van der Waals surface area (Å²) in [4.78, 5) is 17.1. The van der Waals surface area contributed by atoms with Gasteiger partial charge in [-0.1, -0.05) is 47.6 Å². The highest BCUT2D eigenvalue weighted by Crippen LogP contribution is 2.31. The highest BCUT2D eigenvalue weighted by atomic mass is 16.6. The SMILES string of the molecule is CCOC(=O)/C(=N/OC)c1ccccc1-c1ccccc1NC. The molecular formula is C18H20N2O3. The number of para-hydroxylation sites is 1. The second kappa shape index (κ2) is 7.98. The molecule has 0 saturated heterocycles. The molecule has 0 saturated carbocycles. The normalized spacial score (nSPS) is 11.0. The van der Waals surface area contributed by atoms with E-state index in [4.69, 9.17) is 9.57 Å². The number of hydrogen-bond acceptors (Lipinski definition) is 5. The van der Waals surface area contributed by atoms with Crippen LogP contribution in [0.25, 0.3) is 11.1 Å². The van der Waals surface area contributed by atoms with E-state index in [0.29, 0.717) is 5.56 Å². The molecule has 23 heavy (non-hydrogen) atoms. The quantitative estimate of drug-likeness (QED) is 0.505. The van der Waals surface area contributed by atoms with Crippen molar-refractivity contribution < 1.29 is 14.4 Å². The van der Waals surface area contributed by atoms with Crippen molar-refractivity contribution in [1.29, 1.82) is 0 Å². The molecule has 0 aromatic heterocycles. The summed E-state index contributed by atoms with van der Waals surface area (Å²) in [6.07, 6.45) is 0. The maximum absolute atomic E-state index is 12.2. The number of ether oxygens (including phenoxy) is 1. The molecule has 0 heterocycles. The van der Waals surface area contributed by atoms with Crippen LogP contribution in [0.4, 0.5) is 5.69 Å². The van der Waals surface area contributed by atoms with Crippen LogP contribution in [0.15, 0.2) is 53.7 Å². The minimum Gasteiger partial charge on any atom is -0.461 e. The van der Waals surface area contributed by atoms with Crippen molar-refractivity contribution in [2.45, 2.75) is 6.92 Å². The lowest BCUT2D eigenvalue weighted by molar-refractivity contribution is -0.135. The van der Waals surface area contributed by atoms with Gasteiger partial charge >= 0.3 is 5.97 Å². The van der Waals surface area contributed by atoms with E-state index >= 15 is 0 Å². The average molecular weight is 312 g/mol. The number of nitrogens with one attached hydrogen (secondary N) is 1. The highest BCUT2D eigenvalue weighted by molar-refractivity contribution is 6.44. The van der Waals surface area contributed by atoms with Crippen molar-refractivity contribution in [3.05, 3.63) is 54.1 Å². The summed E-state index contributed by atoms with van der Waals surface area (Å²) in [5.41, 5.74) is 3.62. The Morgan fingerprint density at radius 1 is 1.09 bits per heavy atom. The monoisotopic (exact) mass is 312 g/mol. The lowest BCUT2D eigenvalue weighted by atomic mass is 9.95. The second-order valence-corrected chi connectivity index (χ2v) is 4.68. The Kier molecular flexibility index (Phi) is 5.74. The summed E-state index contributed by atoms with van der Waals surface area (Å²) in [5, 5.41) is 7.04. The first-order valence-electron chi connectivity index (χ1n) is 7.37. The second-order valence-electron chi connectivity index (χ2n) is 4.68. The van der Waals surface area contributed by atoms with Crippen molar-refractivity contribution >= 4 is 17.4 Å². The first-order chi connectivity index (χ1) is 11.2. The summed E-state index contributed by atoms with van der Waals surface area (Å²) in [7, 11) is 3.26. The van der Waals surface area contributed by atoms with Crippen LogP contribution in [0.5, 0.6) is 0 Å². The minimum absolute atomic E-state index is 0.149. The number of oxime groups is 1. The Labute approximate surface area is 135 Å². The van der Waals surface area contributed by atoms with E-state index in [1.807, 2.05) is 55.6 Å². The van der Waals surface area contributed by atoms with Gasteiger partial charge in [0.1, 0.15) is 7.11 Å². The lowest BCUT2D eigenvalue weighted by Gasteiger charge is -2.14. The zero-order valence-electron chi connectivity index (χ0n) is 13.5. The Hall–Kier alpha value is -2.82. The maximum Gasteiger partial charge on any atom is 0.361 e. The van der Waals surface area contributed by atoms with Gasteiger partial charge in [0.05, 0.1) is 6.61 Å². The van der Waals surface area contributed by atoms with E-state index in [9.17, 15) is 4.79 Å². The van der Waals surface area contributed by atoms with Crippen molar-refractivity contribution in [2.75, 3.05) is 26.1 Å². The predicted octanol–water partition coefficient (Wildman–Crippen LogP) is 3.31. The Balaban J connectivity index is 2.60. The molecule has 1 N–H and O–H groups in total. The van der Waals surface area contributed by atoms with Gasteiger partial charge in [-0.3, -0.25) is 0 Å². The van der Waals surface area contributed by atoms with Gasteiger partial charge in [0.15, 0.2) is 5.71 Å². The van der Waals surface area contributed by atoms with Gasteiger partial charge in [-0.15, -0.1) is 0 Å². The summed E-state index contributed by atoms with van der Waals surface area (Å²) in [6.45, 7) is 2.03. The van der Waals surface area contributed by atoms with Gasteiger partial charge < -0.3 is 14.9 Å². The Bertz CT molecular complexity index is 711. The third-order valence-corrected chi connectivity index (χ3v) is 3.32. The van der Waals surface area contributed by atoms with Crippen LogP contribution in [0.2, 0.25) is 0 Å². The van der Waals surface area contributed by atoms with Crippen LogP contribution in [0.3, 0.4) is 0 Å². The first-order valence-corrected chi connectivity index (χ1v) is 7.37. The molecule has 0 aliphatic carbocycles. The third-order valence-electron chi connectivity index (χ3n) is 3.32. The molecule has 0 bridgehead atoms. The zero-order valence-corrected chi connectivity index (χ0v) is 13.5. The largest absolute Gasteiger partial charge is 0.461 e. The van der Waals surface area contributed by atoms with Gasteiger partial charge in [-0.2, -0.15) is 0 Å². The smallest absolute Gasteiger partial charge is 0.361 e. The van der Waals surface area contributed by atoms with E-state index in [1.54, 1.807) is 6.92 Å². The zero-order chi connectivity index (χ0) is 16.7. The van der Waals surface area contributed by atoms with Gasteiger partial charge in [-0.05, 0) is 18.6 Å². The summed E-state index contributed by atoms with van der Waals surface area (Å²) in [6, 6.07) is 15.4. The summed E-state index contributed by atoms with van der Waals surface area (Å²) < 4.78 is 5.09. The molecule has 5 heteroatoms. The molecule has 5 nitrogen and oxygen atoms in total. The molecule has 0 atom stereocenters. The molecule has 2 aromatic rings. The number of hydrogen-bond donors (Lipinski definition) is 1. The summed E-state index contributed by atoms with van der Waals surface area (Å²) >= 11 is 0. The molecule has 0 spiro atoms. The number of carbonyl (C=O) groups excluding carboxylic acids is 1. The standard InChI is InChI=1S/C18H20N2O3/c1-4-23-18(21)17(20-22-3)15-11-6-5-9-13(15)14-10-7-8-12-16(14)19-2/h5-12,19H,4H2,1-3H3/b20-17+. The van der Waals surface area contributed by atoms with E-state index in [-0.39, 0.29) is 12.3 Å². The molecule has 0 unspecified atom stereocenters. The van der Waals surface area contributed by atoms with Crippen molar-refractivity contribution in [2.24, 2.45) is 5.16 Å². The fraction of sp³-hybridized carbons (Fsp3) is 0.222. The Morgan fingerprint density at radius 3 is 2.39 bits per heavy atom. The molecular weight excluding hydrogens is 292 g/mol. The van der Waals surface area contributed by atoms with Crippen LogP contribution >= 0.6 is 0 Å². The molecule has 0 fully saturated rings. The molecule has 2 rings (SSSR count). The van der Waals surface area contributed by atoms with Crippen LogP contribution < -0.4 is 5.32 Å². The molecule has 2 aromatic carbocycles. The maximum atomic E-state index is 12.2. The van der Waals surface area contributed by atoms with Gasteiger partial charge in [0, 0.05) is 23.9 Å². The number of benzene rings is 2. The molecule has 0 radical (unpaired) electrons. The van der Waals surface area contributed by atoms with Crippen LogP contribution in [-0.4, -0.2) is 32.4 Å². The van der Waals surface area contributed by atoms with E-state index in [0.717, 1.165) is 16.8 Å². The number of rotatable bonds is 6. The highest BCUT2D eigenvalue weighted by Gasteiger charge is 2.21. The molecule has 0 aliphatic heterocycles. The summed E-state index contributed by atoms with van der Waals surface area (Å²) in [5.74, 6) is -0.510. The number of nitrogens with zero attached hydrogens (tertiary/aromatic N) is 1. The first kappa shape index (κ1) is 16.5. The fourth-order valence-electron chi connectivity index (χ4n) is 2.35. The number of esters is 1. The van der Waals surface area contributed by atoms with E-state index in [2.05, 4.69) is 10.5 Å². The van der Waals surface area contributed by atoms with Crippen molar-refractivity contribution in [1.82, 2.24) is 0 Å². The average Bonchev–Trinajstić information content (AvgIpc) is 2.60. The van der Waals surface area contributed by atoms with Crippen molar-refractivity contribution in [3.63, 3.8) is 0 Å². The van der Waals surface area contributed by atoms with E-state index in [1.165, 1.54) is 7.11 Å². The van der Waals surface area contributed by atoms with Gasteiger partial charge in [-0.25, -0.2) is 4.79 Å². The number of carbonyl (C=O) groups is 1. The van der Waals surface area contributed by atoms with Crippen molar-refractivity contribution in [3.8, 4) is 11.1 Å². The van der Waals surface area contributed by atoms with E-state index < -0.39 is 5.97 Å². The third kappa shape index (κ3) is 3.69. The van der Waals surface area contributed by atoms with Gasteiger partial charge in [0.25, 0.3) is 0 Å². The predicted molar refractivity (Wildman–Crippen MR) is 91.6 cm³/mol. The number of anilines is 1. The van der Waals surface area contributed by atoms with Crippen LogP contribution in [-0.2, 0) is 14.4 Å².